The van der Waals surface area contributed by atoms with Gasteiger partial charge in [-0.25, -0.2) is 5.01 Å². The third kappa shape index (κ3) is 7.23. The molecule has 0 bridgehead atoms. The van der Waals surface area contributed by atoms with Crippen molar-refractivity contribution in [3.8, 4) is 0 Å². The van der Waals surface area contributed by atoms with Gasteiger partial charge in [0.15, 0.2) is 0 Å². The van der Waals surface area contributed by atoms with E-state index in [0.717, 1.165) is 25.7 Å². The van der Waals surface area contributed by atoms with Gasteiger partial charge in [-0.3, -0.25) is 5.84 Å². The fourth-order valence-electron chi connectivity index (χ4n) is 1.24. The minimum absolute atomic E-state index is 0.0590. The second kappa shape index (κ2) is 8.14. The highest BCUT2D eigenvalue weighted by Gasteiger charge is 2.13. The second-order valence-corrected chi connectivity index (χ2v) is 3.72. The smallest absolute Gasteiger partial charge is 0.108 e. The highest BCUT2D eigenvalue weighted by atomic mass is 16.3. The Labute approximate surface area is 86.2 Å². The zero-order chi connectivity index (χ0) is 11.0. The summed E-state index contributed by atoms with van der Waals surface area (Å²) in [6.45, 7) is 2.50. The van der Waals surface area contributed by atoms with Crippen LogP contribution in [0.15, 0.2) is 0 Å². The standard InChI is InChI=1S/C6H14N2.C3H10N2O/c7-5-1-2-6(8)4-3-5;1-2-5(4)3-6/h5-6H,1-4,7-8H2;6H,2-4H2,1H3. The van der Waals surface area contributed by atoms with Crippen molar-refractivity contribution >= 4 is 0 Å². The highest BCUT2D eigenvalue weighted by Crippen LogP contribution is 2.14. The zero-order valence-electron chi connectivity index (χ0n) is 9.02. The Morgan fingerprint density at radius 3 is 1.64 bits per heavy atom. The van der Waals surface area contributed by atoms with Crippen LogP contribution in [-0.2, 0) is 0 Å². The average molecular weight is 204 g/mol. The first-order valence-corrected chi connectivity index (χ1v) is 5.21. The predicted octanol–water partition coefficient (Wildman–Crippen LogP) is -0.653. The SMILES string of the molecule is CCN(N)CO.NC1CCC(N)CC1. The van der Waals surface area contributed by atoms with Gasteiger partial charge in [0, 0.05) is 18.6 Å². The van der Waals surface area contributed by atoms with E-state index in [4.69, 9.17) is 22.4 Å². The Bertz CT molecular complexity index is 112. The molecule has 0 aliphatic heterocycles. The summed E-state index contributed by atoms with van der Waals surface area (Å²) in [5.41, 5.74) is 11.3. The first-order chi connectivity index (χ1) is 6.60. The molecule has 1 aliphatic rings. The van der Waals surface area contributed by atoms with E-state index < -0.39 is 0 Å². The van der Waals surface area contributed by atoms with Gasteiger partial charge in [-0.15, -0.1) is 0 Å². The molecule has 0 atom stereocenters. The second-order valence-electron chi connectivity index (χ2n) is 3.72. The van der Waals surface area contributed by atoms with Crippen molar-refractivity contribution in [1.82, 2.24) is 5.01 Å². The molecule has 0 aromatic carbocycles. The number of hydrogen-bond acceptors (Lipinski definition) is 5. The Balaban J connectivity index is 0.000000255. The third-order valence-electron chi connectivity index (χ3n) is 2.40. The molecule has 14 heavy (non-hydrogen) atoms. The van der Waals surface area contributed by atoms with Crippen LogP contribution in [0.2, 0.25) is 0 Å². The van der Waals surface area contributed by atoms with Crippen molar-refractivity contribution in [2.24, 2.45) is 17.3 Å². The quantitative estimate of drug-likeness (QED) is 0.272. The van der Waals surface area contributed by atoms with Crippen LogP contribution in [0.25, 0.3) is 0 Å². The van der Waals surface area contributed by atoms with E-state index in [9.17, 15) is 0 Å². The number of hydrazine groups is 1. The molecule has 5 nitrogen and oxygen atoms in total. The summed E-state index contributed by atoms with van der Waals surface area (Å²) in [4.78, 5) is 0. The van der Waals surface area contributed by atoms with E-state index >= 15 is 0 Å². The molecular formula is C9H24N4O. The summed E-state index contributed by atoms with van der Waals surface area (Å²) in [6.07, 6.45) is 4.50. The van der Waals surface area contributed by atoms with Crippen molar-refractivity contribution in [2.45, 2.75) is 44.7 Å². The van der Waals surface area contributed by atoms with Crippen LogP contribution < -0.4 is 17.3 Å². The summed E-state index contributed by atoms with van der Waals surface area (Å²) < 4.78 is 0. The lowest BCUT2D eigenvalue weighted by Crippen LogP contribution is -2.33. The molecule has 0 saturated heterocycles. The lowest BCUT2D eigenvalue weighted by molar-refractivity contribution is 0.114. The summed E-state index contributed by atoms with van der Waals surface area (Å²) in [5, 5.41) is 9.44. The Hall–Kier alpha value is -0.200. The molecule has 0 radical (unpaired) electrons. The largest absolute Gasteiger partial charge is 0.380 e. The lowest BCUT2D eigenvalue weighted by atomic mass is 9.93. The van der Waals surface area contributed by atoms with Gasteiger partial charge in [0.2, 0.25) is 0 Å². The molecule has 0 aromatic rings. The highest BCUT2D eigenvalue weighted by molar-refractivity contribution is 4.75. The molecule has 86 valence electrons. The van der Waals surface area contributed by atoms with Crippen molar-refractivity contribution < 1.29 is 5.11 Å². The van der Waals surface area contributed by atoms with Gasteiger partial charge in [-0.05, 0) is 25.7 Å². The molecule has 1 fully saturated rings. The van der Waals surface area contributed by atoms with Crippen LogP contribution in [0.5, 0.6) is 0 Å². The number of aliphatic hydroxyl groups excluding tert-OH is 1. The number of nitrogens with two attached hydrogens (primary N) is 3. The fraction of sp³-hybridized carbons (Fsp3) is 1.00. The monoisotopic (exact) mass is 204 g/mol. The van der Waals surface area contributed by atoms with Crippen molar-refractivity contribution in [2.75, 3.05) is 13.3 Å². The van der Waals surface area contributed by atoms with Gasteiger partial charge in [-0.1, -0.05) is 6.92 Å². The van der Waals surface area contributed by atoms with Gasteiger partial charge in [0.1, 0.15) is 6.73 Å². The van der Waals surface area contributed by atoms with E-state index in [1.54, 1.807) is 0 Å². The first-order valence-electron chi connectivity index (χ1n) is 5.21. The van der Waals surface area contributed by atoms with Crippen LogP contribution in [0.1, 0.15) is 32.6 Å². The molecule has 0 unspecified atom stereocenters. The molecular weight excluding hydrogens is 180 g/mol. The van der Waals surface area contributed by atoms with E-state index in [1.807, 2.05) is 6.92 Å². The van der Waals surface area contributed by atoms with Crippen molar-refractivity contribution in [1.29, 1.82) is 0 Å². The van der Waals surface area contributed by atoms with Crippen LogP contribution >= 0.6 is 0 Å². The number of nitrogens with zero attached hydrogens (tertiary/aromatic N) is 1. The Morgan fingerprint density at radius 1 is 1.14 bits per heavy atom. The number of rotatable bonds is 2. The maximum absolute atomic E-state index is 8.14. The zero-order valence-corrected chi connectivity index (χ0v) is 9.02. The molecule has 1 saturated carbocycles. The van der Waals surface area contributed by atoms with E-state index in [2.05, 4.69) is 0 Å². The number of hydrogen-bond donors (Lipinski definition) is 4. The third-order valence-corrected chi connectivity index (χ3v) is 2.40. The minimum Gasteiger partial charge on any atom is -0.380 e. The Morgan fingerprint density at radius 2 is 1.50 bits per heavy atom. The van der Waals surface area contributed by atoms with Crippen molar-refractivity contribution in [3.63, 3.8) is 0 Å². The predicted molar refractivity (Wildman–Crippen MR) is 58.1 cm³/mol. The van der Waals surface area contributed by atoms with Gasteiger partial charge in [-0.2, -0.15) is 0 Å². The molecule has 1 rings (SSSR count). The van der Waals surface area contributed by atoms with Gasteiger partial charge < -0.3 is 16.6 Å². The van der Waals surface area contributed by atoms with Crippen molar-refractivity contribution in [3.05, 3.63) is 0 Å². The minimum atomic E-state index is -0.0590. The Kier molecular flexibility index (Phi) is 8.02. The lowest BCUT2D eigenvalue weighted by Gasteiger charge is -2.22. The first kappa shape index (κ1) is 13.8. The summed E-state index contributed by atoms with van der Waals surface area (Å²) >= 11 is 0. The van der Waals surface area contributed by atoms with E-state index in [-0.39, 0.29) is 6.73 Å². The molecule has 0 spiro atoms. The molecule has 5 heteroatoms. The van der Waals surface area contributed by atoms with Gasteiger partial charge >= 0.3 is 0 Å². The van der Waals surface area contributed by atoms with Crippen LogP contribution in [-0.4, -0.2) is 35.5 Å². The van der Waals surface area contributed by atoms with Crippen LogP contribution in [0.4, 0.5) is 0 Å². The van der Waals surface area contributed by atoms with Crippen LogP contribution in [0, 0.1) is 0 Å². The molecule has 0 aromatic heterocycles. The normalized spacial score (nSPS) is 27.0. The summed E-state index contributed by atoms with van der Waals surface area (Å²) in [5.74, 6) is 5.06. The molecule has 1 aliphatic carbocycles. The molecule has 7 N–H and O–H groups in total. The topological polar surface area (TPSA) is 102 Å². The molecule has 0 heterocycles. The van der Waals surface area contributed by atoms with E-state index in [1.165, 1.54) is 5.01 Å². The van der Waals surface area contributed by atoms with Crippen LogP contribution in [0.3, 0.4) is 0 Å². The maximum atomic E-state index is 8.14. The molecule has 0 amide bonds. The van der Waals surface area contributed by atoms with E-state index in [0.29, 0.717) is 18.6 Å². The van der Waals surface area contributed by atoms with Gasteiger partial charge in [0.25, 0.3) is 0 Å². The average Bonchev–Trinajstić information content (AvgIpc) is 2.22. The maximum Gasteiger partial charge on any atom is 0.108 e. The summed E-state index contributed by atoms with van der Waals surface area (Å²) in [7, 11) is 0. The fourth-order valence-corrected chi connectivity index (χ4v) is 1.24. The number of aliphatic hydroxyl groups is 1. The van der Waals surface area contributed by atoms with Gasteiger partial charge in [0.05, 0.1) is 0 Å². The summed E-state index contributed by atoms with van der Waals surface area (Å²) in [6, 6.07) is 0.879.